The molecule has 8 nitrogen and oxygen atoms in total. The molecule has 1 aromatic carbocycles. The van der Waals surface area contributed by atoms with Crippen LogP contribution in [0.15, 0.2) is 36.9 Å². The summed E-state index contributed by atoms with van der Waals surface area (Å²) in [6.45, 7) is 3.10. The van der Waals surface area contributed by atoms with E-state index in [1.54, 1.807) is 22.8 Å². The van der Waals surface area contributed by atoms with Crippen molar-refractivity contribution in [1.29, 1.82) is 0 Å². The summed E-state index contributed by atoms with van der Waals surface area (Å²) in [5, 5.41) is 7.06. The van der Waals surface area contributed by atoms with Gasteiger partial charge in [-0.3, -0.25) is 4.79 Å². The number of hydrogen-bond donors (Lipinski definition) is 1. The Bertz CT molecular complexity index is 732. The summed E-state index contributed by atoms with van der Waals surface area (Å²) < 4.78 is 6.63. The predicted molar refractivity (Wildman–Crippen MR) is 91.3 cm³/mol. The minimum atomic E-state index is -0.358. The third-order valence-corrected chi connectivity index (χ3v) is 4.15. The molecule has 25 heavy (non-hydrogen) atoms. The molecule has 1 atom stereocenters. The van der Waals surface area contributed by atoms with Crippen molar-refractivity contribution in [2.75, 3.05) is 25.0 Å². The molecule has 2 heterocycles. The maximum atomic E-state index is 12.7. The number of rotatable bonds is 4. The number of hydrogen-bond acceptors (Lipinski definition) is 5. The van der Waals surface area contributed by atoms with Gasteiger partial charge in [-0.1, -0.05) is 12.1 Å². The number of ether oxygens (including phenoxy) is 1. The van der Waals surface area contributed by atoms with Gasteiger partial charge in [0.25, 0.3) is 0 Å². The van der Waals surface area contributed by atoms with Gasteiger partial charge in [0.2, 0.25) is 5.91 Å². The second kappa shape index (κ2) is 7.78. The van der Waals surface area contributed by atoms with Crippen molar-refractivity contribution in [3.63, 3.8) is 0 Å². The van der Waals surface area contributed by atoms with Gasteiger partial charge in [0, 0.05) is 13.1 Å². The van der Waals surface area contributed by atoms with E-state index in [-0.39, 0.29) is 17.9 Å². The highest BCUT2D eigenvalue weighted by molar-refractivity contribution is 5.94. The van der Waals surface area contributed by atoms with Gasteiger partial charge in [0.1, 0.15) is 12.7 Å². The number of nitrogens with one attached hydrogen (secondary N) is 1. The molecule has 8 heteroatoms. The lowest BCUT2D eigenvalue weighted by Gasteiger charge is -2.31. The van der Waals surface area contributed by atoms with E-state index < -0.39 is 0 Å². The number of aromatic nitrogens is 3. The molecular formula is C17H21N5O3. The molecule has 132 valence electrons. The van der Waals surface area contributed by atoms with Crippen molar-refractivity contribution in [2.24, 2.45) is 5.92 Å². The molecular weight excluding hydrogens is 322 g/mol. The van der Waals surface area contributed by atoms with Crippen LogP contribution >= 0.6 is 0 Å². The molecule has 3 rings (SSSR count). The van der Waals surface area contributed by atoms with Crippen LogP contribution in [-0.2, 0) is 9.53 Å². The van der Waals surface area contributed by atoms with Crippen molar-refractivity contribution in [3.05, 3.63) is 36.9 Å². The first-order chi connectivity index (χ1) is 12.2. The molecule has 0 aliphatic carbocycles. The molecule has 0 spiro atoms. The van der Waals surface area contributed by atoms with E-state index in [0.717, 1.165) is 18.5 Å². The lowest BCUT2D eigenvalue weighted by atomic mass is 9.97. The lowest BCUT2D eigenvalue weighted by molar-refractivity contribution is -0.121. The van der Waals surface area contributed by atoms with Gasteiger partial charge in [0.15, 0.2) is 0 Å². The van der Waals surface area contributed by atoms with E-state index in [2.05, 4.69) is 15.4 Å². The van der Waals surface area contributed by atoms with E-state index in [1.165, 1.54) is 6.33 Å². The Balaban J connectivity index is 1.69. The zero-order valence-corrected chi connectivity index (χ0v) is 14.1. The summed E-state index contributed by atoms with van der Waals surface area (Å²) in [5.74, 6) is -0.372. The molecule has 1 N–H and O–H groups in total. The van der Waals surface area contributed by atoms with Gasteiger partial charge >= 0.3 is 6.09 Å². The zero-order valence-electron chi connectivity index (χ0n) is 14.1. The first-order valence-electron chi connectivity index (χ1n) is 8.35. The average Bonchev–Trinajstić information content (AvgIpc) is 3.17. The van der Waals surface area contributed by atoms with Crippen LogP contribution in [0.25, 0.3) is 5.69 Å². The quantitative estimate of drug-likeness (QED) is 0.918. The summed E-state index contributed by atoms with van der Waals surface area (Å²) >= 11 is 0. The van der Waals surface area contributed by atoms with Crippen molar-refractivity contribution >= 4 is 17.7 Å². The molecule has 2 aromatic rings. The van der Waals surface area contributed by atoms with Crippen molar-refractivity contribution in [1.82, 2.24) is 19.7 Å². The first kappa shape index (κ1) is 16.9. The fraction of sp³-hybridized carbons (Fsp3) is 0.412. The van der Waals surface area contributed by atoms with Crippen molar-refractivity contribution < 1.29 is 14.3 Å². The molecule has 2 amide bonds. The largest absolute Gasteiger partial charge is 0.450 e. The molecule has 1 aliphatic rings. The van der Waals surface area contributed by atoms with Gasteiger partial charge in [-0.2, -0.15) is 5.10 Å². The Hall–Kier alpha value is -2.90. The molecule has 1 saturated heterocycles. The molecule has 1 fully saturated rings. The third kappa shape index (κ3) is 3.96. The van der Waals surface area contributed by atoms with Crippen molar-refractivity contribution in [2.45, 2.75) is 19.8 Å². The van der Waals surface area contributed by atoms with Gasteiger partial charge in [-0.05, 0) is 31.9 Å². The number of piperidine rings is 1. The number of amides is 2. The molecule has 0 saturated carbocycles. The van der Waals surface area contributed by atoms with Gasteiger partial charge in [-0.15, -0.1) is 0 Å². The second-order valence-corrected chi connectivity index (χ2v) is 5.83. The number of likely N-dealkylation sites (tertiary alicyclic amines) is 1. The van der Waals surface area contributed by atoms with Crippen LogP contribution in [0.1, 0.15) is 19.8 Å². The van der Waals surface area contributed by atoms with Gasteiger partial charge < -0.3 is 15.0 Å². The Kier molecular flexibility index (Phi) is 5.27. The zero-order chi connectivity index (χ0) is 17.6. The number of carbonyl (C=O) groups is 2. The average molecular weight is 343 g/mol. The van der Waals surface area contributed by atoms with Crippen LogP contribution in [0.5, 0.6) is 0 Å². The van der Waals surface area contributed by atoms with Crippen LogP contribution < -0.4 is 5.32 Å². The summed E-state index contributed by atoms with van der Waals surface area (Å²) in [4.78, 5) is 30.1. The minimum Gasteiger partial charge on any atom is -0.450 e. The SMILES string of the molecule is CCOC(=O)N1CCCC(C(=O)Nc2ccccc2-n2cncn2)C1. The van der Waals surface area contributed by atoms with Gasteiger partial charge in [-0.25, -0.2) is 14.5 Å². The fourth-order valence-electron chi connectivity index (χ4n) is 2.92. The van der Waals surface area contributed by atoms with E-state index in [1.807, 2.05) is 24.3 Å². The number of anilines is 1. The summed E-state index contributed by atoms with van der Waals surface area (Å²) in [7, 11) is 0. The van der Waals surface area contributed by atoms with Crippen LogP contribution in [0.2, 0.25) is 0 Å². The fourth-order valence-corrected chi connectivity index (χ4v) is 2.92. The Morgan fingerprint density at radius 1 is 1.36 bits per heavy atom. The Morgan fingerprint density at radius 3 is 2.96 bits per heavy atom. The number of para-hydroxylation sites is 2. The molecule has 1 aliphatic heterocycles. The number of benzene rings is 1. The van der Waals surface area contributed by atoms with Crippen LogP contribution in [0.3, 0.4) is 0 Å². The summed E-state index contributed by atoms with van der Waals surface area (Å²) in [5.41, 5.74) is 1.40. The van der Waals surface area contributed by atoms with E-state index in [9.17, 15) is 9.59 Å². The van der Waals surface area contributed by atoms with Crippen LogP contribution in [0, 0.1) is 5.92 Å². The van der Waals surface area contributed by atoms with Crippen LogP contribution in [-0.4, -0.2) is 51.4 Å². The Labute approximate surface area is 145 Å². The monoisotopic (exact) mass is 343 g/mol. The predicted octanol–water partition coefficient (Wildman–Crippen LogP) is 2.07. The second-order valence-electron chi connectivity index (χ2n) is 5.83. The molecule has 0 radical (unpaired) electrons. The maximum Gasteiger partial charge on any atom is 0.409 e. The van der Waals surface area contributed by atoms with Crippen molar-refractivity contribution in [3.8, 4) is 5.69 Å². The summed E-state index contributed by atoms with van der Waals surface area (Å²) in [6, 6.07) is 7.40. The van der Waals surface area contributed by atoms with E-state index in [4.69, 9.17) is 4.74 Å². The maximum absolute atomic E-state index is 12.7. The summed E-state index contributed by atoms with van der Waals surface area (Å²) in [6.07, 6.45) is 4.18. The molecule has 0 bridgehead atoms. The molecule has 1 aromatic heterocycles. The highest BCUT2D eigenvalue weighted by Crippen LogP contribution is 2.23. The molecule has 1 unspecified atom stereocenters. The topological polar surface area (TPSA) is 89.4 Å². The van der Waals surface area contributed by atoms with E-state index in [0.29, 0.717) is 25.4 Å². The van der Waals surface area contributed by atoms with Crippen LogP contribution in [0.4, 0.5) is 10.5 Å². The standard InChI is InChI=1S/C17H21N5O3/c1-2-25-17(24)21-9-5-6-13(10-21)16(23)20-14-7-3-4-8-15(14)22-12-18-11-19-22/h3-4,7-8,11-13H,2,5-6,9-10H2,1H3,(H,20,23). The van der Waals surface area contributed by atoms with E-state index >= 15 is 0 Å². The van der Waals surface area contributed by atoms with Gasteiger partial charge in [0.05, 0.1) is 23.9 Å². The smallest absolute Gasteiger partial charge is 0.409 e. The number of carbonyl (C=O) groups excluding carboxylic acids is 2. The normalized spacial score (nSPS) is 17.2. The highest BCUT2D eigenvalue weighted by Gasteiger charge is 2.29. The minimum absolute atomic E-state index is 0.110. The highest BCUT2D eigenvalue weighted by atomic mass is 16.6. The first-order valence-corrected chi connectivity index (χ1v) is 8.35. The number of nitrogens with zero attached hydrogens (tertiary/aromatic N) is 4. The third-order valence-electron chi connectivity index (χ3n) is 4.15. The lowest BCUT2D eigenvalue weighted by Crippen LogP contribution is -2.44. The Morgan fingerprint density at radius 2 is 2.20 bits per heavy atom.